The molecule has 1 N–H and O–H groups in total. The third kappa shape index (κ3) is 4.05. The third-order valence-corrected chi connectivity index (χ3v) is 4.49. The highest BCUT2D eigenvalue weighted by Gasteiger charge is 2.13. The number of aromatic nitrogens is 3. The molecule has 0 spiro atoms. The Hall–Kier alpha value is -2.54. The Morgan fingerprint density at radius 1 is 1.38 bits per heavy atom. The van der Waals surface area contributed by atoms with Crippen molar-refractivity contribution in [2.24, 2.45) is 0 Å². The van der Waals surface area contributed by atoms with E-state index in [9.17, 15) is 9.18 Å². The molecule has 0 saturated carbocycles. The molecule has 5 nitrogen and oxygen atoms in total. The van der Waals surface area contributed by atoms with Crippen molar-refractivity contribution in [2.45, 2.75) is 25.8 Å². The smallest absolute Gasteiger partial charge is 0.228 e. The predicted octanol–water partition coefficient (Wildman–Crippen LogP) is 3.66. The number of carbonyl (C=O) groups is 1. The largest absolute Gasteiger partial charge is 0.302 e. The molecule has 2 heterocycles. The van der Waals surface area contributed by atoms with Crippen LogP contribution in [0.1, 0.15) is 29.8 Å². The lowest BCUT2D eigenvalue weighted by Gasteiger charge is -2.10. The van der Waals surface area contributed by atoms with Crippen LogP contribution in [-0.4, -0.2) is 20.7 Å². The lowest BCUT2D eigenvalue weighted by atomic mass is 10.1. The number of rotatable bonds is 6. The van der Waals surface area contributed by atoms with Crippen molar-refractivity contribution in [3.8, 4) is 0 Å². The molecular formula is C17H17FN4OS. The van der Waals surface area contributed by atoms with Crippen LogP contribution < -0.4 is 5.32 Å². The van der Waals surface area contributed by atoms with Crippen LogP contribution in [0.3, 0.4) is 0 Å². The Morgan fingerprint density at radius 3 is 2.96 bits per heavy atom. The summed E-state index contributed by atoms with van der Waals surface area (Å²) in [5, 5.41) is 7.44. The molecule has 1 aromatic carbocycles. The van der Waals surface area contributed by atoms with Gasteiger partial charge in [0.1, 0.15) is 5.82 Å². The van der Waals surface area contributed by atoms with E-state index in [-0.39, 0.29) is 17.8 Å². The first kappa shape index (κ1) is 16.3. The van der Waals surface area contributed by atoms with Crippen LogP contribution in [0.5, 0.6) is 0 Å². The second-order valence-corrected chi connectivity index (χ2v) is 6.60. The molecule has 0 unspecified atom stereocenters. The Balaban J connectivity index is 1.58. The minimum absolute atomic E-state index is 0.0298. The number of anilines is 1. The van der Waals surface area contributed by atoms with E-state index >= 15 is 0 Å². The van der Waals surface area contributed by atoms with Crippen LogP contribution in [-0.2, 0) is 11.2 Å². The topological polar surface area (TPSA) is 59.8 Å². The molecule has 1 atom stereocenters. The number of amides is 1. The summed E-state index contributed by atoms with van der Waals surface area (Å²) in [4.78, 5) is 17.2. The van der Waals surface area contributed by atoms with E-state index in [0.717, 1.165) is 4.88 Å². The van der Waals surface area contributed by atoms with Crippen LogP contribution in [0.25, 0.3) is 0 Å². The lowest BCUT2D eigenvalue weighted by Crippen LogP contribution is -2.17. The van der Waals surface area contributed by atoms with Crippen molar-refractivity contribution in [1.29, 1.82) is 0 Å². The minimum Gasteiger partial charge on any atom is -0.302 e. The number of thiazole rings is 1. The molecule has 1 amide bonds. The molecule has 124 valence electrons. The van der Waals surface area contributed by atoms with Crippen LogP contribution in [0.4, 0.5) is 9.52 Å². The molecule has 0 saturated heterocycles. The minimum atomic E-state index is -0.232. The van der Waals surface area contributed by atoms with Gasteiger partial charge in [0.15, 0.2) is 5.13 Å². The molecule has 0 bridgehead atoms. The van der Waals surface area contributed by atoms with Gasteiger partial charge in [-0.2, -0.15) is 5.10 Å². The van der Waals surface area contributed by atoms with E-state index in [1.54, 1.807) is 35.3 Å². The van der Waals surface area contributed by atoms with Gasteiger partial charge in [0.2, 0.25) is 5.91 Å². The number of carbonyl (C=O) groups excluding carboxylic acids is 1. The second-order valence-electron chi connectivity index (χ2n) is 5.49. The number of nitrogens with zero attached hydrogens (tertiary/aromatic N) is 3. The predicted molar refractivity (Wildman–Crippen MR) is 91.5 cm³/mol. The average molecular weight is 344 g/mol. The van der Waals surface area contributed by atoms with Gasteiger partial charge in [-0.25, -0.2) is 9.37 Å². The fourth-order valence-electron chi connectivity index (χ4n) is 2.35. The molecule has 3 aromatic rings. The fraction of sp³-hybridized carbons (Fsp3) is 0.235. The molecule has 2 aromatic heterocycles. The van der Waals surface area contributed by atoms with E-state index in [2.05, 4.69) is 15.4 Å². The SMILES string of the molecule is C[C@H](CC(=O)Nc1ncc(Cc2ccccc2F)s1)n1cccn1. The van der Waals surface area contributed by atoms with Crippen LogP contribution in [0, 0.1) is 5.82 Å². The van der Waals surface area contributed by atoms with E-state index in [0.29, 0.717) is 23.5 Å². The Kier molecular flexibility index (Phi) is 5.00. The third-order valence-electron chi connectivity index (χ3n) is 3.58. The molecule has 24 heavy (non-hydrogen) atoms. The van der Waals surface area contributed by atoms with Gasteiger partial charge in [-0.1, -0.05) is 18.2 Å². The number of hydrogen-bond acceptors (Lipinski definition) is 4. The monoisotopic (exact) mass is 344 g/mol. The first-order chi connectivity index (χ1) is 11.6. The van der Waals surface area contributed by atoms with Crippen molar-refractivity contribution in [3.63, 3.8) is 0 Å². The highest BCUT2D eigenvalue weighted by atomic mass is 32.1. The Bertz CT molecular complexity index is 816. The van der Waals surface area contributed by atoms with Gasteiger partial charge in [-0.15, -0.1) is 11.3 Å². The van der Waals surface area contributed by atoms with Crippen molar-refractivity contribution >= 4 is 22.4 Å². The standard InChI is InChI=1S/C17H17FN4OS/c1-12(22-8-4-7-20-22)9-16(23)21-17-19-11-14(24-17)10-13-5-2-3-6-15(13)18/h2-8,11-12H,9-10H2,1H3,(H,19,21,23)/t12-/m1/s1. The number of hydrogen-bond donors (Lipinski definition) is 1. The van der Waals surface area contributed by atoms with E-state index in [4.69, 9.17) is 0 Å². The zero-order valence-corrected chi connectivity index (χ0v) is 14.0. The van der Waals surface area contributed by atoms with E-state index in [1.807, 2.05) is 19.2 Å². The molecule has 0 aliphatic rings. The maximum absolute atomic E-state index is 13.7. The summed E-state index contributed by atoms with van der Waals surface area (Å²) in [6, 6.07) is 8.45. The number of nitrogens with one attached hydrogen (secondary N) is 1. The van der Waals surface area contributed by atoms with Crippen LogP contribution >= 0.6 is 11.3 Å². The average Bonchev–Trinajstić information content (AvgIpc) is 3.21. The number of halogens is 1. The molecule has 0 aliphatic heterocycles. The van der Waals surface area contributed by atoms with Crippen LogP contribution in [0.15, 0.2) is 48.9 Å². The number of benzene rings is 1. The zero-order chi connectivity index (χ0) is 16.9. The molecule has 7 heteroatoms. The summed E-state index contributed by atoms with van der Waals surface area (Å²) >= 11 is 1.36. The maximum Gasteiger partial charge on any atom is 0.228 e. The van der Waals surface area contributed by atoms with Gasteiger partial charge in [0.05, 0.1) is 6.04 Å². The summed E-state index contributed by atoms with van der Waals surface area (Å²) in [5.74, 6) is -0.352. The van der Waals surface area contributed by atoms with Crippen molar-refractivity contribution in [3.05, 3.63) is 65.2 Å². The van der Waals surface area contributed by atoms with Crippen molar-refractivity contribution in [1.82, 2.24) is 14.8 Å². The molecule has 3 rings (SSSR count). The summed E-state index contributed by atoms with van der Waals surface area (Å²) < 4.78 is 15.4. The van der Waals surface area contributed by atoms with E-state index < -0.39 is 0 Å². The van der Waals surface area contributed by atoms with E-state index in [1.165, 1.54) is 17.4 Å². The molecular weight excluding hydrogens is 327 g/mol. The summed E-state index contributed by atoms with van der Waals surface area (Å²) in [5.41, 5.74) is 0.617. The molecule has 0 radical (unpaired) electrons. The van der Waals surface area contributed by atoms with Gasteiger partial charge in [-0.05, 0) is 24.6 Å². The van der Waals surface area contributed by atoms with Gasteiger partial charge in [-0.3, -0.25) is 9.48 Å². The van der Waals surface area contributed by atoms with Gasteiger partial charge < -0.3 is 5.32 Å². The van der Waals surface area contributed by atoms with Gasteiger partial charge >= 0.3 is 0 Å². The summed E-state index contributed by atoms with van der Waals surface area (Å²) in [6.45, 7) is 1.93. The normalized spacial score (nSPS) is 12.1. The first-order valence-corrected chi connectivity index (χ1v) is 8.40. The highest BCUT2D eigenvalue weighted by Crippen LogP contribution is 2.23. The maximum atomic E-state index is 13.7. The highest BCUT2D eigenvalue weighted by molar-refractivity contribution is 7.15. The first-order valence-electron chi connectivity index (χ1n) is 7.59. The van der Waals surface area contributed by atoms with Gasteiger partial charge in [0.25, 0.3) is 0 Å². The molecule has 0 fully saturated rings. The Morgan fingerprint density at radius 2 is 2.21 bits per heavy atom. The fourth-order valence-corrected chi connectivity index (χ4v) is 3.20. The zero-order valence-electron chi connectivity index (χ0n) is 13.1. The quantitative estimate of drug-likeness (QED) is 0.742. The van der Waals surface area contributed by atoms with Crippen molar-refractivity contribution in [2.75, 3.05) is 5.32 Å². The second kappa shape index (κ2) is 7.35. The van der Waals surface area contributed by atoms with Crippen LogP contribution in [0.2, 0.25) is 0 Å². The lowest BCUT2D eigenvalue weighted by molar-refractivity contribution is -0.116. The Labute approximate surface area is 143 Å². The summed E-state index contributed by atoms with van der Waals surface area (Å²) in [6.07, 6.45) is 5.95. The van der Waals surface area contributed by atoms with Gasteiger partial charge in [0, 0.05) is 36.3 Å². The summed E-state index contributed by atoms with van der Waals surface area (Å²) in [7, 11) is 0. The molecule has 0 aliphatic carbocycles. The van der Waals surface area contributed by atoms with Crippen molar-refractivity contribution < 1.29 is 9.18 Å².